The molecule has 0 saturated heterocycles. The van der Waals surface area contributed by atoms with Crippen LogP contribution in [0, 0.1) is 5.41 Å². The van der Waals surface area contributed by atoms with Crippen molar-refractivity contribution in [3.63, 3.8) is 0 Å². The zero-order valence-electron chi connectivity index (χ0n) is 13.7. The summed E-state index contributed by atoms with van der Waals surface area (Å²) in [7, 11) is -3.49. The van der Waals surface area contributed by atoms with Gasteiger partial charge in [-0.15, -0.1) is 12.4 Å². The van der Waals surface area contributed by atoms with Crippen molar-refractivity contribution in [2.45, 2.75) is 17.7 Å². The number of sulfone groups is 1. The minimum atomic E-state index is -3.49. The number of hydrogen-bond donors (Lipinski definition) is 3. The lowest BCUT2D eigenvalue weighted by atomic mass is 10.0. The zero-order chi connectivity index (χ0) is 17.7. The Morgan fingerprint density at radius 2 is 1.76 bits per heavy atom. The Morgan fingerprint density at radius 1 is 1.12 bits per heavy atom. The summed E-state index contributed by atoms with van der Waals surface area (Å²) in [5, 5.41) is 9.22. The molecule has 2 rings (SSSR count). The van der Waals surface area contributed by atoms with Crippen LogP contribution in [0.25, 0.3) is 0 Å². The van der Waals surface area contributed by atoms with Crippen molar-refractivity contribution in [2.24, 2.45) is 5.73 Å². The molecule has 0 radical (unpaired) electrons. The second-order valence-corrected chi connectivity index (χ2v) is 7.43. The maximum absolute atomic E-state index is 12.1. The fraction of sp³-hybridized carbons (Fsp3) is 0.176. The van der Waals surface area contributed by atoms with Gasteiger partial charge in [-0.25, -0.2) is 8.42 Å². The molecule has 8 heteroatoms. The SMILES string of the molecule is CS(=O)(=O)c1cc(C(=O)NC(=N)N)ccc1CCc1ccccc1.Cl. The lowest BCUT2D eigenvalue weighted by Gasteiger charge is -2.11. The molecule has 0 fully saturated rings. The highest BCUT2D eigenvalue weighted by Crippen LogP contribution is 2.20. The van der Waals surface area contributed by atoms with Crippen LogP contribution in [0.5, 0.6) is 0 Å². The number of amides is 1. The van der Waals surface area contributed by atoms with E-state index < -0.39 is 21.7 Å². The van der Waals surface area contributed by atoms with Crippen molar-refractivity contribution in [1.82, 2.24) is 5.32 Å². The number of nitrogens with one attached hydrogen (secondary N) is 2. The molecule has 0 atom stereocenters. The highest BCUT2D eigenvalue weighted by Gasteiger charge is 2.17. The fourth-order valence-electron chi connectivity index (χ4n) is 2.37. The Balaban J connectivity index is 0.00000312. The van der Waals surface area contributed by atoms with E-state index in [1.807, 2.05) is 30.3 Å². The maximum Gasteiger partial charge on any atom is 0.257 e. The van der Waals surface area contributed by atoms with E-state index in [0.717, 1.165) is 11.8 Å². The van der Waals surface area contributed by atoms with Crippen molar-refractivity contribution >= 4 is 34.1 Å². The number of halogens is 1. The van der Waals surface area contributed by atoms with E-state index in [1.54, 1.807) is 6.07 Å². The monoisotopic (exact) mass is 381 g/mol. The van der Waals surface area contributed by atoms with Gasteiger partial charge in [-0.2, -0.15) is 0 Å². The number of carbonyl (C=O) groups excluding carboxylic acids is 1. The summed E-state index contributed by atoms with van der Waals surface area (Å²) in [6.45, 7) is 0. The quantitative estimate of drug-likeness (QED) is 0.542. The van der Waals surface area contributed by atoms with Crippen molar-refractivity contribution in [2.75, 3.05) is 6.26 Å². The highest BCUT2D eigenvalue weighted by atomic mass is 35.5. The van der Waals surface area contributed by atoms with E-state index >= 15 is 0 Å². The number of aryl methyl sites for hydroxylation is 2. The van der Waals surface area contributed by atoms with Crippen LogP contribution in [0.15, 0.2) is 53.4 Å². The van der Waals surface area contributed by atoms with Gasteiger partial charge in [0.05, 0.1) is 4.90 Å². The van der Waals surface area contributed by atoms with Crippen molar-refractivity contribution in [3.05, 3.63) is 65.2 Å². The molecule has 0 unspecified atom stereocenters. The smallest absolute Gasteiger partial charge is 0.257 e. The van der Waals surface area contributed by atoms with E-state index in [-0.39, 0.29) is 22.9 Å². The number of rotatable bonds is 5. The van der Waals surface area contributed by atoms with Gasteiger partial charge < -0.3 is 5.73 Å². The number of nitrogens with two attached hydrogens (primary N) is 1. The molecule has 0 bridgehead atoms. The largest absolute Gasteiger partial charge is 0.370 e. The summed E-state index contributed by atoms with van der Waals surface area (Å²) in [4.78, 5) is 12.0. The second kappa shape index (κ2) is 8.64. The van der Waals surface area contributed by atoms with Crippen molar-refractivity contribution < 1.29 is 13.2 Å². The average molecular weight is 382 g/mol. The summed E-state index contributed by atoms with van der Waals surface area (Å²) >= 11 is 0. The Labute approximate surface area is 153 Å². The van der Waals surface area contributed by atoms with Crippen LogP contribution in [0.1, 0.15) is 21.5 Å². The van der Waals surface area contributed by atoms with Crippen LogP contribution < -0.4 is 11.1 Å². The summed E-state index contributed by atoms with van der Waals surface area (Å²) < 4.78 is 24.1. The Bertz CT molecular complexity index is 868. The predicted molar refractivity (Wildman–Crippen MR) is 100 cm³/mol. The van der Waals surface area contributed by atoms with Gasteiger partial charge in [-0.3, -0.25) is 15.5 Å². The second-order valence-electron chi connectivity index (χ2n) is 5.45. The maximum atomic E-state index is 12.1. The van der Waals surface area contributed by atoms with Gasteiger partial charge in [0, 0.05) is 11.8 Å². The summed E-state index contributed by atoms with van der Waals surface area (Å²) in [5.41, 5.74) is 7.04. The van der Waals surface area contributed by atoms with E-state index in [4.69, 9.17) is 11.1 Å². The van der Waals surface area contributed by atoms with Crippen molar-refractivity contribution in [1.29, 1.82) is 5.41 Å². The van der Waals surface area contributed by atoms with Gasteiger partial charge >= 0.3 is 0 Å². The third-order valence-corrected chi connectivity index (χ3v) is 4.68. The molecule has 0 spiro atoms. The molecule has 134 valence electrons. The average Bonchev–Trinajstić information content (AvgIpc) is 2.52. The fourth-order valence-corrected chi connectivity index (χ4v) is 3.35. The first-order valence-electron chi connectivity index (χ1n) is 7.29. The number of carbonyl (C=O) groups is 1. The first kappa shape index (κ1) is 20.7. The molecule has 0 heterocycles. The molecule has 25 heavy (non-hydrogen) atoms. The zero-order valence-corrected chi connectivity index (χ0v) is 15.3. The van der Waals surface area contributed by atoms with Gasteiger partial charge in [-0.05, 0) is 36.1 Å². The summed E-state index contributed by atoms with van der Waals surface area (Å²) in [5.74, 6) is -1.10. The predicted octanol–water partition coefficient (Wildman–Crippen LogP) is 1.92. The number of hydrogen-bond acceptors (Lipinski definition) is 4. The molecule has 2 aromatic carbocycles. The third kappa shape index (κ3) is 5.88. The van der Waals surface area contributed by atoms with Crippen LogP contribution in [0.4, 0.5) is 0 Å². The molecule has 6 nitrogen and oxygen atoms in total. The molecular weight excluding hydrogens is 362 g/mol. The minimum absolute atomic E-state index is 0. The summed E-state index contributed by atoms with van der Waals surface area (Å²) in [6, 6.07) is 14.2. The third-order valence-electron chi connectivity index (χ3n) is 3.50. The van der Waals surface area contributed by atoms with Crippen LogP contribution in [-0.2, 0) is 22.7 Å². The minimum Gasteiger partial charge on any atom is -0.370 e. The van der Waals surface area contributed by atoms with Gasteiger partial charge in [0.15, 0.2) is 15.8 Å². The van der Waals surface area contributed by atoms with E-state index in [1.165, 1.54) is 12.1 Å². The Kier molecular flexibility index (Phi) is 7.14. The number of benzene rings is 2. The first-order chi connectivity index (χ1) is 11.3. The van der Waals surface area contributed by atoms with Crippen molar-refractivity contribution in [3.8, 4) is 0 Å². The molecule has 1 amide bonds. The normalized spacial score (nSPS) is 10.6. The molecule has 0 saturated carbocycles. The topological polar surface area (TPSA) is 113 Å². The molecule has 0 aliphatic carbocycles. The van der Waals surface area contributed by atoms with Gasteiger partial charge in [0.25, 0.3) is 5.91 Å². The van der Waals surface area contributed by atoms with Gasteiger partial charge in [0.1, 0.15) is 0 Å². The van der Waals surface area contributed by atoms with Crippen LogP contribution in [0.3, 0.4) is 0 Å². The highest BCUT2D eigenvalue weighted by molar-refractivity contribution is 7.90. The van der Waals surface area contributed by atoms with E-state index in [0.29, 0.717) is 18.4 Å². The molecule has 0 aliphatic rings. The number of guanidine groups is 1. The van der Waals surface area contributed by atoms with Crippen LogP contribution in [-0.4, -0.2) is 26.5 Å². The first-order valence-corrected chi connectivity index (χ1v) is 9.19. The Morgan fingerprint density at radius 3 is 2.32 bits per heavy atom. The van der Waals surface area contributed by atoms with Gasteiger partial charge in [0.2, 0.25) is 0 Å². The Hall–Kier alpha value is -2.38. The molecule has 2 aromatic rings. The van der Waals surface area contributed by atoms with E-state index in [9.17, 15) is 13.2 Å². The standard InChI is InChI=1S/C17H19N3O3S.ClH/c1-24(22,23)15-11-14(16(21)20-17(18)19)10-9-13(15)8-7-12-5-3-2-4-6-12;/h2-6,9-11H,7-8H2,1H3,(H4,18,19,20,21);1H. The summed E-state index contributed by atoms with van der Waals surface area (Å²) in [6.07, 6.45) is 2.35. The lowest BCUT2D eigenvalue weighted by Crippen LogP contribution is -2.35. The molecule has 0 aliphatic heterocycles. The molecule has 4 N–H and O–H groups in total. The van der Waals surface area contributed by atoms with E-state index in [2.05, 4.69) is 5.32 Å². The lowest BCUT2D eigenvalue weighted by molar-refractivity contribution is 0.0976. The van der Waals surface area contributed by atoms with Crippen LogP contribution in [0.2, 0.25) is 0 Å². The molecule has 0 aromatic heterocycles. The van der Waals surface area contributed by atoms with Crippen LogP contribution >= 0.6 is 12.4 Å². The van der Waals surface area contributed by atoms with Gasteiger partial charge in [-0.1, -0.05) is 36.4 Å². The molecular formula is C17H20ClN3O3S.